The van der Waals surface area contributed by atoms with Gasteiger partial charge in [0.15, 0.2) is 0 Å². The average Bonchev–Trinajstić information content (AvgIpc) is 3.09. The Labute approximate surface area is 307 Å². The first-order chi connectivity index (χ1) is 25.4. The van der Waals surface area contributed by atoms with E-state index in [2.05, 4.69) is 21.3 Å². The van der Waals surface area contributed by atoms with Crippen molar-refractivity contribution in [3.05, 3.63) is 119 Å². The van der Waals surface area contributed by atoms with E-state index in [9.17, 15) is 50.5 Å². The van der Waals surface area contributed by atoms with Gasteiger partial charge in [-0.15, -0.1) is 0 Å². The van der Waals surface area contributed by atoms with Crippen LogP contribution in [0.25, 0.3) is 21.5 Å². The second-order valence-corrected chi connectivity index (χ2v) is 14.9. The summed E-state index contributed by atoms with van der Waals surface area (Å²) in [5.74, 6) is -2.08. The largest absolute Gasteiger partial charge is 0.507 e. The quantitative estimate of drug-likeness (QED) is 0.0760. The maximum Gasteiger partial charge on any atom is 0.323 e. The van der Waals surface area contributed by atoms with Crippen LogP contribution >= 0.6 is 0 Å². The van der Waals surface area contributed by atoms with Crippen LogP contribution < -0.4 is 21.3 Å². The lowest BCUT2D eigenvalue weighted by molar-refractivity contribution is 0.101. The molecule has 6 aromatic carbocycles. The van der Waals surface area contributed by atoms with Gasteiger partial charge in [-0.05, 0) is 85.6 Å². The van der Waals surface area contributed by atoms with E-state index in [1.54, 1.807) is 38.1 Å². The fourth-order valence-corrected chi connectivity index (χ4v) is 7.35. The zero-order valence-electron chi connectivity index (χ0n) is 28.2. The van der Waals surface area contributed by atoms with Crippen molar-refractivity contribution in [3.63, 3.8) is 0 Å². The fraction of sp³-hybridized carbons (Fsp3) is 0.0541. The van der Waals surface area contributed by atoms with Gasteiger partial charge < -0.3 is 31.5 Å². The molecule has 8 N–H and O–H groups in total. The summed E-state index contributed by atoms with van der Waals surface area (Å²) in [5, 5.41) is 31.3. The third kappa shape index (κ3) is 7.50. The minimum absolute atomic E-state index is 0.148. The lowest BCUT2D eigenvalue weighted by Gasteiger charge is -2.15. The normalized spacial score (nSPS) is 11.6. The van der Waals surface area contributed by atoms with Crippen LogP contribution in [0.15, 0.2) is 107 Å². The number of anilines is 4. The number of carbonyl (C=O) groups is 3. The van der Waals surface area contributed by atoms with Gasteiger partial charge >= 0.3 is 6.03 Å². The van der Waals surface area contributed by atoms with Crippen LogP contribution in [-0.4, -0.2) is 54.0 Å². The van der Waals surface area contributed by atoms with Gasteiger partial charge in [0.1, 0.15) is 21.3 Å². The van der Waals surface area contributed by atoms with Crippen molar-refractivity contribution in [1.82, 2.24) is 0 Å². The number of aryl methyl sites for hydroxylation is 2. The van der Waals surface area contributed by atoms with Gasteiger partial charge in [-0.25, -0.2) is 4.79 Å². The highest BCUT2D eigenvalue weighted by Crippen LogP contribution is 2.37. The maximum atomic E-state index is 13.4. The van der Waals surface area contributed by atoms with E-state index in [0.29, 0.717) is 11.1 Å². The number of phenolic OH excluding ortho intramolecular Hbond substituents is 2. The second kappa shape index (κ2) is 14.1. The standard InChI is InChI=1S/C37H30N4O11S2/c1-19-9-11-21(17-25(19)35(44)40-27-13-15-31(53(47,48)49)33-23(27)5-3-7-29(33)42)38-37(46)39-22-12-10-20(2)26(18-22)36(45)41-28-14-16-32(54(50,51)52)34-24(28)6-4-8-30(34)43/h3-18,42-43H,1-2H3,(H,40,44)(H,41,45)(H2,38,39,46)(H,47,48,49)(H,50,51,52). The van der Waals surface area contributed by atoms with Crippen molar-refractivity contribution in [2.45, 2.75) is 23.6 Å². The van der Waals surface area contributed by atoms with Gasteiger partial charge in [-0.1, -0.05) is 36.4 Å². The van der Waals surface area contributed by atoms with Crippen LogP contribution in [-0.2, 0) is 20.2 Å². The number of hydrogen-bond acceptors (Lipinski definition) is 9. The molecule has 4 amide bonds. The predicted octanol–water partition coefficient (Wildman–Crippen LogP) is 6.66. The van der Waals surface area contributed by atoms with Gasteiger partial charge in [0.25, 0.3) is 32.1 Å². The van der Waals surface area contributed by atoms with Crippen molar-refractivity contribution in [2.24, 2.45) is 0 Å². The van der Waals surface area contributed by atoms with Crippen molar-refractivity contribution in [1.29, 1.82) is 0 Å². The third-order valence-electron chi connectivity index (χ3n) is 8.49. The van der Waals surface area contributed by atoms with E-state index in [0.717, 1.165) is 12.1 Å². The molecule has 276 valence electrons. The first-order valence-corrected chi connectivity index (χ1v) is 18.7. The molecule has 0 atom stereocenters. The molecular weight excluding hydrogens is 741 g/mol. The molecule has 6 rings (SSSR count). The molecule has 54 heavy (non-hydrogen) atoms. The van der Waals surface area contributed by atoms with Crippen LogP contribution in [0, 0.1) is 13.8 Å². The first-order valence-electron chi connectivity index (χ1n) is 15.8. The lowest BCUT2D eigenvalue weighted by Crippen LogP contribution is -2.21. The van der Waals surface area contributed by atoms with E-state index >= 15 is 0 Å². The molecule has 0 aliphatic carbocycles. The summed E-state index contributed by atoms with van der Waals surface area (Å²) in [4.78, 5) is 38.9. The number of urea groups is 1. The smallest absolute Gasteiger partial charge is 0.323 e. The lowest BCUT2D eigenvalue weighted by atomic mass is 10.0. The molecule has 0 aliphatic rings. The number of fused-ring (bicyclic) bond motifs is 2. The van der Waals surface area contributed by atoms with Crippen molar-refractivity contribution in [3.8, 4) is 11.5 Å². The van der Waals surface area contributed by atoms with Crippen LogP contribution in [0.4, 0.5) is 27.5 Å². The second-order valence-electron chi connectivity index (χ2n) is 12.1. The van der Waals surface area contributed by atoms with E-state index in [1.165, 1.54) is 60.7 Å². The van der Waals surface area contributed by atoms with E-state index in [4.69, 9.17) is 0 Å². The molecule has 0 heterocycles. The summed E-state index contributed by atoms with van der Waals surface area (Å²) < 4.78 is 67.0. The molecule has 17 heteroatoms. The minimum atomic E-state index is -4.70. The molecule has 0 radical (unpaired) electrons. The van der Waals surface area contributed by atoms with Crippen molar-refractivity contribution >= 4 is 82.4 Å². The summed E-state index contributed by atoms with van der Waals surface area (Å²) in [7, 11) is -9.40. The summed E-state index contributed by atoms with van der Waals surface area (Å²) >= 11 is 0. The Kier molecular flexibility index (Phi) is 9.74. The number of benzene rings is 6. The zero-order chi connectivity index (χ0) is 39.1. The zero-order valence-corrected chi connectivity index (χ0v) is 29.8. The van der Waals surface area contributed by atoms with Gasteiger partial charge in [0, 0.05) is 55.4 Å². The Hall–Kier alpha value is -6.53. The Morgan fingerprint density at radius 3 is 1.28 bits per heavy atom. The summed E-state index contributed by atoms with van der Waals surface area (Å²) in [6.45, 7) is 3.33. The van der Waals surface area contributed by atoms with Gasteiger partial charge in [0.05, 0.1) is 0 Å². The summed E-state index contributed by atoms with van der Waals surface area (Å²) in [6.07, 6.45) is 0. The molecule has 0 saturated heterocycles. The Morgan fingerprint density at radius 1 is 0.519 bits per heavy atom. The van der Waals surface area contributed by atoms with Crippen molar-refractivity contribution in [2.75, 3.05) is 21.3 Å². The molecule has 0 spiro atoms. The molecule has 0 bridgehead atoms. The number of rotatable bonds is 8. The Balaban J connectivity index is 1.19. The van der Waals surface area contributed by atoms with Gasteiger partial charge in [0.2, 0.25) is 0 Å². The minimum Gasteiger partial charge on any atom is -0.507 e. The molecular formula is C37H30N4O11S2. The highest BCUT2D eigenvalue weighted by Gasteiger charge is 2.22. The van der Waals surface area contributed by atoms with Crippen molar-refractivity contribution < 1.29 is 50.5 Å². The van der Waals surface area contributed by atoms with E-state index < -0.39 is 59.4 Å². The number of hydrogen-bond donors (Lipinski definition) is 8. The monoisotopic (exact) mass is 770 g/mol. The molecule has 0 aliphatic heterocycles. The van der Waals surface area contributed by atoms with Crippen LogP contribution in [0.3, 0.4) is 0 Å². The van der Waals surface area contributed by atoms with Gasteiger partial charge in [-0.2, -0.15) is 16.8 Å². The number of aromatic hydroxyl groups is 2. The van der Waals surface area contributed by atoms with Crippen LogP contribution in [0.2, 0.25) is 0 Å². The molecule has 6 aromatic rings. The molecule has 0 saturated carbocycles. The molecule has 0 fully saturated rings. The predicted molar refractivity (Wildman–Crippen MR) is 202 cm³/mol. The molecule has 0 unspecified atom stereocenters. The Morgan fingerprint density at radius 2 is 0.907 bits per heavy atom. The highest BCUT2D eigenvalue weighted by atomic mass is 32.2. The van der Waals surface area contributed by atoms with Crippen LogP contribution in [0.1, 0.15) is 31.8 Å². The average molecular weight is 771 g/mol. The topological polar surface area (TPSA) is 249 Å². The number of phenols is 2. The number of carbonyl (C=O) groups excluding carboxylic acids is 3. The maximum absolute atomic E-state index is 13.4. The third-order valence-corrected chi connectivity index (χ3v) is 10.3. The fourth-order valence-electron chi connectivity index (χ4n) is 5.92. The Bertz CT molecular complexity index is 2600. The number of nitrogens with one attached hydrogen (secondary N) is 4. The highest BCUT2D eigenvalue weighted by molar-refractivity contribution is 7.86. The molecule has 15 nitrogen and oxygen atoms in total. The summed E-state index contributed by atoms with van der Waals surface area (Å²) in [6, 6.07) is 21.4. The van der Waals surface area contributed by atoms with Gasteiger partial charge in [-0.3, -0.25) is 18.7 Å². The van der Waals surface area contributed by atoms with E-state index in [1.807, 2.05) is 0 Å². The van der Waals surface area contributed by atoms with Crippen LogP contribution in [0.5, 0.6) is 11.5 Å². The first kappa shape index (κ1) is 37.2. The van der Waals surface area contributed by atoms with E-state index in [-0.39, 0.29) is 55.4 Å². The number of amides is 4. The molecule has 0 aromatic heterocycles. The SMILES string of the molecule is Cc1ccc(NC(=O)Nc2ccc(C)c(C(=O)Nc3ccc(S(=O)(=O)O)c4c(O)cccc34)c2)cc1C(=O)Nc1ccc(S(=O)(=O)O)c2c(O)cccc12. The summed E-state index contributed by atoms with van der Waals surface area (Å²) in [5.41, 5.74) is 2.11.